The third-order valence-corrected chi connectivity index (χ3v) is 2.73. The molecule has 0 unspecified atom stereocenters. The second-order valence-electron chi connectivity index (χ2n) is 4.78. The van der Waals surface area contributed by atoms with Gasteiger partial charge >= 0.3 is 0 Å². The van der Waals surface area contributed by atoms with E-state index in [0.717, 1.165) is 5.56 Å². The summed E-state index contributed by atoms with van der Waals surface area (Å²) in [5.41, 5.74) is 7.17. The Morgan fingerprint density at radius 1 is 1.33 bits per heavy atom. The molecule has 0 aliphatic carbocycles. The average Bonchev–Trinajstić information content (AvgIpc) is 2.06. The normalized spacial score (nSPS) is 12.2. The fourth-order valence-electron chi connectivity index (χ4n) is 1.44. The van der Waals surface area contributed by atoms with Crippen LogP contribution >= 0.6 is 11.6 Å². The Hall–Kier alpha value is -0.730. The molecule has 2 nitrogen and oxygen atoms in total. The number of benzene rings is 1. The molecule has 0 bridgehead atoms. The Morgan fingerprint density at radius 2 is 1.87 bits per heavy atom. The van der Waals surface area contributed by atoms with Gasteiger partial charge in [-0.25, -0.2) is 0 Å². The first kappa shape index (κ1) is 12.3. The lowest BCUT2D eigenvalue weighted by atomic mass is 9.90. The third kappa shape index (κ3) is 2.64. The van der Waals surface area contributed by atoms with E-state index in [4.69, 9.17) is 17.3 Å². The Kier molecular flexibility index (Phi) is 3.31. The van der Waals surface area contributed by atoms with E-state index < -0.39 is 5.54 Å². The van der Waals surface area contributed by atoms with Crippen molar-refractivity contribution in [3.05, 3.63) is 28.3 Å². The van der Waals surface area contributed by atoms with Gasteiger partial charge in [-0.3, -0.25) is 0 Å². The lowest BCUT2D eigenvalue weighted by molar-refractivity contribution is 0.440. The highest BCUT2D eigenvalue weighted by molar-refractivity contribution is 6.32. The molecule has 0 spiro atoms. The Labute approximate surface area is 96.1 Å². The second kappa shape index (κ2) is 4.03. The van der Waals surface area contributed by atoms with Gasteiger partial charge in [0.1, 0.15) is 5.75 Å². The van der Waals surface area contributed by atoms with Crippen LogP contribution in [0.3, 0.4) is 0 Å². The topological polar surface area (TPSA) is 46.2 Å². The second-order valence-corrected chi connectivity index (χ2v) is 5.18. The molecule has 0 aromatic heterocycles. The summed E-state index contributed by atoms with van der Waals surface area (Å²) in [5.74, 6) is 0.456. The zero-order chi connectivity index (χ0) is 11.8. The van der Waals surface area contributed by atoms with Crippen LogP contribution in [0.15, 0.2) is 12.1 Å². The van der Waals surface area contributed by atoms with Crippen LogP contribution in [0.4, 0.5) is 0 Å². The zero-order valence-corrected chi connectivity index (χ0v) is 10.4. The van der Waals surface area contributed by atoms with Crippen LogP contribution in [0.5, 0.6) is 5.75 Å². The van der Waals surface area contributed by atoms with Crippen LogP contribution in [-0.4, -0.2) is 5.11 Å². The van der Waals surface area contributed by atoms with Crippen molar-refractivity contribution in [1.29, 1.82) is 0 Å². The number of phenolic OH excluding ortho intramolecular Hbond substituents is 1. The first-order valence-corrected chi connectivity index (χ1v) is 5.43. The molecule has 1 aromatic carbocycles. The quantitative estimate of drug-likeness (QED) is 0.814. The van der Waals surface area contributed by atoms with Crippen LogP contribution in [0.25, 0.3) is 0 Å². The van der Waals surface area contributed by atoms with E-state index in [1.165, 1.54) is 0 Å². The number of phenols is 1. The van der Waals surface area contributed by atoms with Crippen molar-refractivity contribution < 1.29 is 5.11 Å². The van der Waals surface area contributed by atoms with Crippen molar-refractivity contribution >= 4 is 11.6 Å². The summed E-state index contributed by atoms with van der Waals surface area (Å²) in [4.78, 5) is 0. The summed E-state index contributed by atoms with van der Waals surface area (Å²) in [6.07, 6.45) is 0. The van der Waals surface area contributed by atoms with E-state index in [2.05, 4.69) is 13.8 Å². The molecule has 84 valence electrons. The van der Waals surface area contributed by atoms with Gasteiger partial charge in [-0.05, 0) is 37.5 Å². The van der Waals surface area contributed by atoms with Crippen LogP contribution in [-0.2, 0) is 5.54 Å². The highest BCUT2D eigenvalue weighted by atomic mass is 35.5. The van der Waals surface area contributed by atoms with Crippen LogP contribution < -0.4 is 5.73 Å². The van der Waals surface area contributed by atoms with E-state index in [-0.39, 0.29) is 5.75 Å². The number of rotatable bonds is 2. The summed E-state index contributed by atoms with van der Waals surface area (Å²) in [6, 6.07) is 3.71. The molecular weight excluding hydrogens is 210 g/mol. The fourth-order valence-corrected chi connectivity index (χ4v) is 1.67. The minimum Gasteiger partial charge on any atom is -0.506 e. The van der Waals surface area contributed by atoms with E-state index in [1.807, 2.05) is 19.9 Å². The summed E-state index contributed by atoms with van der Waals surface area (Å²) in [5, 5.41) is 10.2. The van der Waals surface area contributed by atoms with Gasteiger partial charge in [0.2, 0.25) is 0 Å². The molecule has 0 heterocycles. The smallest absolute Gasteiger partial charge is 0.139 e. The first-order chi connectivity index (χ1) is 6.73. The molecule has 0 saturated heterocycles. The van der Waals surface area contributed by atoms with Gasteiger partial charge in [-0.1, -0.05) is 25.4 Å². The van der Waals surface area contributed by atoms with Crippen molar-refractivity contribution in [2.45, 2.75) is 39.2 Å². The van der Waals surface area contributed by atoms with Crippen molar-refractivity contribution in [3.63, 3.8) is 0 Å². The van der Waals surface area contributed by atoms with Crippen molar-refractivity contribution in [1.82, 2.24) is 0 Å². The van der Waals surface area contributed by atoms with Crippen LogP contribution in [0.2, 0.25) is 5.02 Å². The molecular formula is C12H18ClNO. The molecule has 0 atom stereocenters. The summed E-state index contributed by atoms with van der Waals surface area (Å²) in [6.45, 7) is 7.86. The van der Waals surface area contributed by atoms with E-state index in [1.54, 1.807) is 6.07 Å². The van der Waals surface area contributed by atoms with Crippen molar-refractivity contribution in [2.75, 3.05) is 0 Å². The zero-order valence-electron chi connectivity index (χ0n) is 9.63. The molecule has 15 heavy (non-hydrogen) atoms. The lowest BCUT2D eigenvalue weighted by Crippen LogP contribution is -2.29. The molecule has 3 heteroatoms. The van der Waals surface area contributed by atoms with Crippen LogP contribution in [0, 0.1) is 0 Å². The highest BCUT2D eigenvalue weighted by Gasteiger charge is 2.21. The maximum atomic E-state index is 9.83. The Balaban J connectivity index is 3.38. The summed E-state index contributed by atoms with van der Waals surface area (Å²) < 4.78 is 0. The van der Waals surface area contributed by atoms with Gasteiger partial charge in [0.15, 0.2) is 0 Å². The number of aromatic hydroxyl groups is 1. The van der Waals surface area contributed by atoms with Gasteiger partial charge in [-0.15, -0.1) is 0 Å². The van der Waals surface area contributed by atoms with Gasteiger partial charge in [0, 0.05) is 11.1 Å². The summed E-state index contributed by atoms with van der Waals surface area (Å²) >= 11 is 5.96. The predicted octanol–water partition coefficient (Wildman–Crippen LogP) is 3.36. The number of nitrogens with two attached hydrogens (primary N) is 1. The standard InChI is InChI=1S/C12H18ClNO/c1-7(2)8-5-9(12(3,4)14)11(15)10(13)6-8/h5-7,15H,14H2,1-4H3. The minimum atomic E-state index is -0.585. The van der Waals surface area contributed by atoms with E-state index >= 15 is 0 Å². The maximum Gasteiger partial charge on any atom is 0.139 e. The van der Waals surface area contributed by atoms with Crippen molar-refractivity contribution in [3.8, 4) is 5.75 Å². The lowest BCUT2D eigenvalue weighted by Gasteiger charge is -2.22. The fraction of sp³-hybridized carbons (Fsp3) is 0.500. The maximum absolute atomic E-state index is 9.83. The molecule has 0 amide bonds. The number of halogens is 1. The molecule has 0 saturated carbocycles. The van der Waals surface area contributed by atoms with Crippen LogP contribution in [0.1, 0.15) is 44.7 Å². The van der Waals surface area contributed by atoms with E-state index in [0.29, 0.717) is 16.5 Å². The Morgan fingerprint density at radius 3 is 2.27 bits per heavy atom. The first-order valence-electron chi connectivity index (χ1n) is 5.05. The van der Waals surface area contributed by atoms with E-state index in [9.17, 15) is 5.11 Å². The molecule has 1 rings (SSSR count). The number of hydrogen-bond acceptors (Lipinski definition) is 2. The average molecular weight is 228 g/mol. The number of hydrogen-bond donors (Lipinski definition) is 2. The largest absolute Gasteiger partial charge is 0.506 e. The monoisotopic (exact) mass is 227 g/mol. The van der Waals surface area contributed by atoms with Gasteiger partial charge in [-0.2, -0.15) is 0 Å². The molecule has 0 radical (unpaired) electrons. The third-order valence-electron chi connectivity index (χ3n) is 2.45. The molecule has 0 aliphatic rings. The summed E-state index contributed by atoms with van der Waals surface area (Å²) in [7, 11) is 0. The van der Waals surface area contributed by atoms with Gasteiger partial charge < -0.3 is 10.8 Å². The Bertz CT molecular complexity index is 367. The van der Waals surface area contributed by atoms with Gasteiger partial charge in [0.25, 0.3) is 0 Å². The SMILES string of the molecule is CC(C)c1cc(Cl)c(O)c(C(C)(C)N)c1. The van der Waals surface area contributed by atoms with Gasteiger partial charge in [0.05, 0.1) is 5.02 Å². The molecule has 3 N–H and O–H groups in total. The van der Waals surface area contributed by atoms with Crippen molar-refractivity contribution in [2.24, 2.45) is 5.73 Å². The molecule has 0 aliphatic heterocycles. The highest BCUT2D eigenvalue weighted by Crippen LogP contribution is 2.36. The molecule has 1 aromatic rings. The minimum absolute atomic E-state index is 0.0913. The molecule has 0 fully saturated rings. The predicted molar refractivity (Wildman–Crippen MR) is 64.4 cm³/mol.